The fraction of sp³-hybridized carbons (Fsp3) is 0.407. The van der Waals surface area contributed by atoms with Crippen LogP contribution in [0.5, 0.6) is 0 Å². The zero-order chi connectivity index (χ0) is 26.6. The first-order valence-corrected chi connectivity index (χ1v) is 13.7. The van der Waals surface area contributed by atoms with Crippen LogP contribution in [0.25, 0.3) is 21.1 Å². The number of hydrogen-bond donors (Lipinski definition) is 2. The average molecular weight is 534 g/mol. The maximum atomic E-state index is 12.2. The third-order valence-electron chi connectivity index (χ3n) is 7.06. The molecule has 2 N–H and O–H groups in total. The molecule has 2 fully saturated rings. The van der Waals surface area contributed by atoms with E-state index in [0.29, 0.717) is 42.6 Å². The number of para-hydroxylation sites is 1. The number of likely N-dealkylation sites (tertiary alicyclic amines) is 2. The molecule has 2 atom stereocenters. The Hall–Kier alpha value is -3.86. The second kappa shape index (κ2) is 11.3. The Morgan fingerprint density at radius 2 is 1.97 bits per heavy atom. The van der Waals surface area contributed by atoms with Crippen molar-refractivity contribution >= 4 is 55.9 Å². The van der Waals surface area contributed by atoms with Crippen molar-refractivity contribution in [3.05, 3.63) is 47.9 Å². The van der Waals surface area contributed by atoms with Crippen molar-refractivity contribution in [2.24, 2.45) is 5.92 Å². The van der Waals surface area contributed by atoms with Gasteiger partial charge in [-0.2, -0.15) is 5.10 Å². The van der Waals surface area contributed by atoms with E-state index in [9.17, 15) is 14.4 Å². The van der Waals surface area contributed by atoms with Crippen molar-refractivity contribution < 1.29 is 14.4 Å². The first-order valence-electron chi connectivity index (χ1n) is 12.9. The molecule has 1 aromatic carbocycles. The predicted molar refractivity (Wildman–Crippen MR) is 147 cm³/mol. The number of nitrogens with zero attached hydrogens (tertiary/aromatic N) is 5. The second-order valence-electron chi connectivity index (χ2n) is 10.00. The summed E-state index contributed by atoms with van der Waals surface area (Å²) < 4.78 is 1.22. The maximum Gasteiger partial charge on any atom is 0.314 e. The number of fused-ring (bicyclic) bond motifs is 2. The van der Waals surface area contributed by atoms with E-state index in [1.807, 2.05) is 30.1 Å². The number of carbonyl (C=O) groups is 3. The average Bonchev–Trinajstić information content (AvgIpc) is 3.58. The zero-order valence-electron chi connectivity index (χ0n) is 21.5. The van der Waals surface area contributed by atoms with Crippen molar-refractivity contribution in [1.29, 1.82) is 0 Å². The summed E-state index contributed by atoms with van der Waals surface area (Å²) in [6.45, 7) is 4.22. The number of carbonyl (C=O) groups excluding carboxylic acids is 3. The minimum atomic E-state index is -0.631. The molecule has 0 spiro atoms. The summed E-state index contributed by atoms with van der Waals surface area (Å²) in [5.74, 6) is -0.129. The molecule has 198 valence electrons. The van der Waals surface area contributed by atoms with Gasteiger partial charge in [-0.1, -0.05) is 19.1 Å². The molecular formula is C27H31N7O3S. The van der Waals surface area contributed by atoms with Crippen LogP contribution < -0.4 is 5.32 Å². The summed E-state index contributed by atoms with van der Waals surface area (Å²) in [5.41, 5.74) is 2.19. The number of nitrogens with one attached hydrogen (secondary N) is 2. The van der Waals surface area contributed by atoms with Gasteiger partial charge in [0.15, 0.2) is 0 Å². The number of benzene rings is 1. The summed E-state index contributed by atoms with van der Waals surface area (Å²) >= 11 is 1.73. The Morgan fingerprint density at radius 1 is 1.13 bits per heavy atom. The van der Waals surface area contributed by atoms with Crippen molar-refractivity contribution in [3.8, 4) is 0 Å². The summed E-state index contributed by atoms with van der Waals surface area (Å²) in [7, 11) is 1.87. The lowest BCUT2D eigenvalue weighted by molar-refractivity contribution is -0.144. The number of piperidine rings is 2. The van der Waals surface area contributed by atoms with Gasteiger partial charge < -0.3 is 15.1 Å². The highest BCUT2D eigenvalue weighted by Gasteiger charge is 2.27. The van der Waals surface area contributed by atoms with Crippen LogP contribution in [-0.2, 0) is 14.4 Å². The number of anilines is 1. The van der Waals surface area contributed by atoms with E-state index >= 15 is 0 Å². The molecular weight excluding hydrogens is 502 g/mol. The Labute approximate surface area is 224 Å². The molecule has 2 aliphatic heterocycles. The van der Waals surface area contributed by atoms with Crippen molar-refractivity contribution in [3.63, 3.8) is 0 Å². The van der Waals surface area contributed by atoms with Crippen LogP contribution >= 0.6 is 11.3 Å². The highest BCUT2D eigenvalue weighted by Crippen LogP contribution is 2.33. The topological polar surface area (TPSA) is 124 Å². The number of thiazole rings is 1. The van der Waals surface area contributed by atoms with Gasteiger partial charge in [0, 0.05) is 50.6 Å². The van der Waals surface area contributed by atoms with Crippen molar-refractivity contribution in [2.45, 2.75) is 38.5 Å². The number of aromatic amines is 1. The fourth-order valence-electron chi connectivity index (χ4n) is 4.87. The zero-order valence-corrected chi connectivity index (χ0v) is 22.3. The van der Waals surface area contributed by atoms with Crippen molar-refractivity contribution in [1.82, 2.24) is 30.0 Å². The largest absolute Gasteiger partial charge is 0.346 e. The molecule has 5 heterocycles. The molecule has 11 heteroatoms. The standard InChI is InChI=1S/C14H17N5O2.C13H14N2OS/c1-9-3-2-4-19(8-9)14(21)13(20)17-11-7-15-5-10-6-16-18-12(10)11;1-15-7-6-9(8-12(15)16)13-14-10-4-2-3-5-11(10)17-13/h5-7,9H,2-4,8H2,1H3,(H,16,18)(H,17,20);2-5,9H,6-8H2,1H3/t;9-/m.1/s1. The van der Waals surface area contributed by atoms with Gasteiger partial charge in [-0.3, -0.25) is 24.5 Å². The summed E-state index contributed by atoms with van der Waals surface area (Å²) in [4.78, 5) is 48.1. The number of aromatic nitrogens is 4. The number of pyridine rings is 1. The first-order chi connectivity index (χ1) is 18.4. The predicted octanol–water partition coefficient (Wildman–Crippen LogP) is 3.79. The van der Waals surface area contributed by atoms with Crippen molar-refractivity contribution in [2.75, 3.05) is 32.0 Å². The van der Waals surface area contributed by atoms with Gasteiger partial charge in [0.1, 0.15) is 0 Å². The third-order valence-corrected chi connectivity index (χ3v) is 8.26. The number of H-pyrrole nitrogens is 1. The molecule has 0 saturated carbocycles. The molecule has 0 aliphatic carbocycles. The van der Waals surface area contributed by atoms with Gasteiger partial charge in [-0.25, -0.2) is 4.98 Å². The SMILES string of the molecule is CC1CCCN(C(=O)C(=O)Nc2cncc3cn[nH]c23)C1.CN1CC[C@@H](c2nc3ccccc3s2)CC1=O. The second-order valence-corrected chi connectivity index (χ2v) is 11.1. The number of amides is 3. The maximum absolute atomic E-state index is 12.2. The highest BCUT2D eigenvalue weighted by atomic mass is 32.1. The van der Waals surface area contributed by atoms with E-state index in [1.165, 1.54) is 10.9 Å². The minimum absolute atomic E-state index is 0.237. The van der Waals surface area contributed by atoms with Gasteiger partial charge in [0.25, 0.3) is 0 Å². The van der Waals surface area contributed by atoms with Gasteiger partial charge in [0.2, 0.25) is 5.91 Å². The van der Waals surface area contributed by atoms with Crippen LogP contribution in [0.1, 0.15) is 43.5 Å². The minimum Gasteiger partial charge on any atom is -0.346 e. The Morgan fingerprint density at radius 3 is 2.76 bits per heavy atom. The smallest absolute Gasteiger partial charge is 0.314 e. The van der Waals surface area contributed by atoms with Crippen LogP contribution in [0.2, 0.25) is 0 Å². The van der Waals surface area contributed by atoms with E-state index in [4.69, 9.17) is 0 Å². The normalized spacial score (nSPS) is 19.8. The molecule has 2 aliphatic rings. The lowest BCUT2D eigenvalue weighted by Gasteiger charge is -2.30. The monoisotopic (exact) mass is 533 g/mol. The Bertz CT molecular complexity index is 1430. The number of hydrogen-bond acceptors (Lipinski definition) is 7. The van der Waals surface area contributed by atoms with Crippen LogP contribution in [0.3, 0.4) is 0 Å². The first kappa shape index (κ1) is 25.8. The van der Waals surface area contributed by atoms with E-state index in [1.54, 1.807) is 28.6 Å². The molecule has 10 nitrogen and oxygen atoms in total. The molecule has 2 saturated heterocycles. The number of rotatable bonds is 2. The summed E-state index contributed by atoms with van der Waals surface area (Å²) in [6, 6.07) is 8.16. The quantitative estimate of drug-likeness (QED) is 0.378. The molecule has 0 radical (unpaired) electrons. The molecule has 1 unspecified atom stereocenters. The van der Waals surface area contributed by atoms with Crippen LogP contribution in [0.15, 0.2) is 42.9 Å². The van der Waals surface area contributed by atoms with E-state index in [2.05, 4.69) is 38.5 Å². The molecule has 0 bridgehead atoms. The van der Waals surface area contributed by atoms with Crippen LogP contribution in [0, 0.1) is 5.92 Å². The fourth-order valence-corrected chi connectivity index (χ4v) is 5.97. The van der Waals surface area contributed by atoms with Gasteiger partial charge in [-0.05, 0) is 37.3 Å². The summed E-state index contributed by atoms with van der Waals surface area (Å²) in [6.07, 6.45) is 8.44. The van der Waals surface area contributed by atoms with Gasteiger partial charge >= 0.3 is 11.8 Å². The molecule has 3 aromatic heterocycles. The highest BCUT2D eigenvalue weighted by molar-refractivity contribution is 7.18. The van der Waals surface area contributed by atoms with E-state index in [-0.39, 0.29) is 5.91 Å². The Kier molecular flexibility index (Phi) is 7.64. The van der Waals surface area contributed by atoms with E-state index in [0.717, 1.165) is 41.7 Å². The summed E-state index contributed by atoms with van der Waals surface area (Å²) in [5, 5.41) is 11.2. The molecule has 3 amide bonds. The molecule has 6 rings (SSSR count). The van der Waals surface area contributed by atoms with Crippen LogP contribution in [-0.4, -0.2) is 74.4 Å². The third kappa shape index (κ3) is 5.67. The van der Waals surface area contributed by atoms with E-state index < -0.39 is 11.8 Å². The van der Waals surface area contributed by atoms with Gasteiger partial charge in [0.05, 0.1) is 38.8 Å². The lowest BCUT2D eigenvalue weighted by Crippen LogP contribution is -2.44. The van der Waals surface area contributed by atoms with Gasteiger partial charge in [-0.15, -0.1) is 11.3 Å². The lowest BCUT2D eigenvalue weighted by atomic mass is 9.97. The molecule has 4 aromatic rings. The molecule has 38 heavy (non-hydrogen) atoms. The Balaban J connectivity index is 0.000000158. The van der Waals surface area contributed by atoms with Crippen LogP contribution in [0.4, 0.5) is 5.69 Å².